The average Bonchev–Trinajstić information content (AvgIpc) is 2.29. The van der Waals surface area contributed by atoms with E-state index in [1.54, 1.807) is 0 Å². The fourth-order valence-corrected chi connectivity index (χ4v) is 1.96. The molecular formula is C14H28O3. The first kappa shape index (κ1) is 16.4. The van der Waals surface area contributed by atoms with Gasteiger partial charge in [-0.1, -0.05) is 51.9 Å². The minimum absolute atomic E-state index is 0.147. The van der Waals surface area contributed by atoms with E-state index in [2.05, 4.69) is 6.92 Å². The van der Waals surface area contributed by atoms with Gasteiger partial charge < -0.3 is 10.2 Å². The predicted molar refractivity (Wildman–Crippen MR) is 70.1 cm³/mol. The second kappa shape index (κ2) is 11.9. The molecule has 0 aliphatic heterocycles. The summed E-state index contributed by atoms with van der Waals surface area (Å²) in [4.78, 5) is 10.3. The lowest BCUT2D eigenvalue weighted by Crippen LogP contribution is -2.06. The summed E-state index contributed by atoms with van der Waals surface area (Å²) < 4.78 is 0. The van der Waals surface area contributed by atoms with Crippen LogP contribution in [0.3, 0.4) is 0 Å². The Kier molecular flexibility index (Phi) is 11.5. The molecule has 3 heteroatoms. The van der Waals surface area contributed by atoms with Crippen molar-refractivity contribution in [2.75, 3.05) is 0 Å². The third-order valence-electron chi connectivity index (χ3n) is 3.07. The average molecular weight is 244 g/mol. The zero-order valence-corrected chi connectivity index (χ0v) is 11.2. The molecule has 1 atom stereocenters. The van der Waals surface area contributed by atoms with Crippen LogP contribution < -0.4 is 0 Å². The van der Waals surface area contributed by atoms with Crippen LogP contribution in [0.1, 0.15) is 77.6 Å². The maximum atomic E-state index is 10.3. The van der Waals surface area contributed by atoms with Crippen molar-refractivity contribution in [3.63, 3.8) is 0 Å². The van der Waals surface area contributed by atoms with Gasteiger partial charge in [0.05, 0.1) is 6.10 Å². The summed E-state index contributed by atoms with van der Waals surface area (Å²) in [6.45, 7) is 2.19. The minimum Gasteiger partial charge on any atom is -0.481 e. The predicted octanol–water partition coefficient (Wildman–Crippen LogP) is 3.74. The summed E-state index contributed by atoms with van der Waals surface area (Å²) >= 11 is 0. The highest BCUT2D eigenvalue weighted by Gasteiger charge is 2.03. The molecule has 0 rings (SSSR count). The van der Waals surface area contributed by atoms with Gasteiger partial charge in [0.25, 0.3) is 0 Å². The van der Waals surface area contributed by atoms with Gasteiger partial charge in [-0.05, 0) is 19.3 Å². The van der Waals surface area contributed by atoms with Gasteiger partial charge in [-0.25, -0.2) is 0 Å². The quantitative estimate of drug-likeness (QED) is 0.514. The summed E-state index contributed by atoms with van der Waals surface area (Å²) in [7, 11) is 0. The summed E-state index contributed by atoms with van der Waals surface area (Å²) in [5.74, 6) is -0.707. The number of carboxylic acid groups (broad SMARTS) is 1. The van der Waals surface area contributed by atoms with Crippen molar-refractivity contribution in [3.05, 3.63) is 0 Å². The van der Waals surface area contributed by atoms with E-state index in [1.165, 1.54) is 19.3 Å². The van der Waals surface area contributed by atoms with E-state index in [0.29, 0.717) is 0 Å². The van der Waals surface area contributed by atoms with Crippen LogP contribution in [0.15, 0.2) is 0 Å². The van der Waals surface area contributed by atoms with Crippen molar-refractivity contribution < 1.29 is 15.0 Å². The molecule has 102 valence electrons. The molecule has 0 aliphatic carbocycles. The highest BCUT2D eigenvalue weighted by atomic mass is 16.4. The molecule has 0 saturated heterocycles. The number of unbranched alkanes of at least 4 members (excludes halogenated alkanes) is 6. The maximum Gasteiger partial charge on any atom is 0.303 e. The van der Waals surface area contributed by atoms with Gasteiger partial charge in [-0.15, -0.1) is 0 Å². The molecule has 0 amide bonds. The first-order valence-corrected chi connectivity index (χ1v) is 7.06. The fraction of sp³-hybridized carbons (Fsp3) is 0.929. The topological polar surface area (TPSA) is 57.5 Å². The van der Waals surface area contributed by atoms with Gasteiger partial charge in [0.1, 0.15) is 0 Å². The molecular weight excluding hydrogens is 216 g/mol. The monoisotopic (exact) mass is 244 g/mol. The van der Waals surface area contributed by atoms with Gasteiger partial charge in [-0.2, -0.15) is 0 Å². The van der Waals surface area contributed by atoms with Crippen LogP contribution >= 0.6 is 0 Å². The molecule has 0 heterocycles. The van der Waals surface area contributed by atoms with E-state index in [0.717, 1.165) is 44.9 Å². The van der Waals surface area contributed by atoms with Crippen LogP contribution in [0.25, 0.3) is 0 Å². The second-order valence-corrected chi connectivity index (χ2v) is 4.85. The standard InChI is InChI=1S/C14H28O3/c1-2-3-4-7-10-13(15)11-8-5-6-9-12-14(16)17/h13,15H,2-12H2,1H3,(H,16,17)/t13-/m1/s1. The summed E-state index contributed by atoms with van der Waals surface area (Å²) in [6.07, 6.45) is 10.6. The molecule has 0 fully saturated rings. The number of carbonyl (C=O) groups is 1. The maximum absolute atomic E-state index is 10.3. The van der Waals surface area contributed by atoms with Crippen molar-refractivity contribution in [1.29, 1.82) is 0 Å². The number of aliphatic hydroxyl groups excluding tert-OH is 1. The molecule has 0 radical (unpaired) electrons. The Balaban J connectivity index is 3.16. The zero-order chi connectivity index (χ0) is 12.9. The number of hydrogen-bond acceptors (Lipinski definition) is 2. The Hall–Kier alpha value is -0.570. The smallest absolute Gasteiger partial charge is 0.303 e. The largest absolute Gasteiger partial charge is 0.481 e. The number of carboxylic acids is 1. The van der Waals surface area contributed by atoms with E-state index in [4.69, 9.17) is 5.11 Å². The Labute approximate surface area is 105 Å². The highest BCUT2D eigenvalue weighted by molar-refractivity contribution is 5.66. The Bertz CT molecular complexity index is 180. The van der Waals surface area contributed by atoms with E-state index in [-0.39, 0.29) is 12.5 Å². The molecule has 0 saturated carbocycles. The van der Waals surface area contributed by atoms with Gasteiger partial charge in [0.2, 0.25) is 0 Å². The lowest BCUT2D eigenvalue weighted by atomic mass is 10.0. The highest BCUT2D eigenvalue weighted by Crippen LogP contribution is 2.12. The zero-order valence-electron chi connectivity index (χ0n) is 11.2. The molecule has 0 aromatic carbocycles. The molecule has 0 spiro atoms. The molecule has 0 bridgehead atoms. The van der Waals surface area contributed by atoms with E-state index in [1.807, 2.05) is 0 Å². The third kappa shape index (κ3) is 13.4. The molecule has 0 aromatic rings. The van der Waals surface area contributed by atoms with Crippen LogP contribution in [0, 0.1) is 0 Å². The van der Waals surface area contributed by atoms with Crippen molar-refractivity contribution >= 4 is 5.97 Å². The van der Waals surface area contributed by atoms with Gasteiger partial charge in [0, 0.05) is 6.42 Å². The summed E-state index contributed by atoms with van der Waals surface area (Å²) in [6, 6.07) is 0. The minimum atomic E-state index is -0.707. The Morgan fingerprint density at radius 3 is 2.00 bits per heavy atom. The van der Waals surface area contributed by atoms with E-state index < -0.39 is 5.97 Å². The van der Waals surface area contributed by atoms with Crippen LogP contribution in [0.5, 0.6) is 0 Å². The summed E-state index contributed by atoms with van der Waals surface area (Å²) in [5, 5.41) is 18.2. The van der Waals surface area contributed by atoms with Crippen molar-refractivity contribution in [3.8, 4) is 0 Å². The number of rotatable bonds is 12. The second-order valence-electron chi connectivity index (χ2n) is 4.85. The fourth-order valence-electron chi connectivity index (χ4n) is 1.96. The normalized spacial score (nSPS) is 12.6. The number of aliphatic hydroxyl groups is 1. The van der Waals surface area contributed by atoms with Crippen LogP contribution in [0.4, 0.5) is 0 Å². The lowest BCUT2D eigenvalue weighted by molar-refractivity contribution is -0.137. The molecule has 17 heavy (non-hydrogen) atoms. The van der Waals surface area contributed by atoms with Crippen molar-refractivity contribution in [2.45, 2.75) is 83.7 Å². The van der Waals surface area contributed by atoms with E-state index in [9.17, 15) is 9.90 Å². The van der Waals surface area contributed by atoms with Crippen LogP contribution in [-0.2, 0) is 4.79 Å². The van der Waals surface area contributed by atoms with Crippen LogP contribution in [-0.4, -0.2) is 22.3 Å². The Morgan fingerprint density at radius 2 is 1.47 bits per heavy atom. The first-order chi connectivity index (χ1) is 8.16. The van der Waals surface area contributed by atoms with Gasteiger partial charge in [-0.3, -0.25) is 4.79 Å². The number of hydrogen-bond donors (Lipinski definition) is 2. The van der Waals surface area contributed by atoms with Crippen LogP contribution in [0.2, 0.25) is 0 Å². The molecule has 0 aromatic heterocycles. The van der Waals surface area contributed by atoms with E-state index >= 15 is 0 Å². The van der Waals surface area contributed by atoms with Gasteiger partial charge in [0.15, 0.2) is 0 Å². The SMILES string of the molecule is CCCCCC[C@@H](O)CCCCCCC(=O)O. The summed E-state index contributed by atoms with van der Waals surface area (Å²) in [5.41, 5.74) is 0. The molecule has 2 N–H and O–H groups in total. The number of aliphatic carboxylic acids is 1. The third-order valence-corrected chi connectivity index (χ3v) is 3.07. The lowest BCUT2D eigenvalue weighted by Gasteiger charge is -2.09. The first-order valence-electron chi connectivity index (χ1n) is 7.06. The Morgan fingerprint density at radius 1 is 0.941 bits per heavy atom. The molecule has 0 unspecified atom stereocenters. The molecule has 3 nitrogen and oxygen atoms in total. The van der Waals surface area contributed by atoms with Crippen molar-refractivity contribution in [2.24, 2.45) is 0 Å². The molecule has 0 aliphatic rings. The van der Waals surface area contributed by atoms with Gasteiger partial charge >= 0.3 is 5.97 Å². The van der Waals surface area contributed by atoms with Crippen molar-refractivity contribution in [1.82, 2.24) is 0 Å².